The summed E-state index contributed by atoms with van der Waals surface area (Å²) in [5.74, 6) is 1.41. The first kappa shape index (κ1) is 21.5. The van der Waals surface area contributed by atoms with E-state index in [-0.39, 0.29) is 12.0 Å². The number of hydrogen-bond donors (Lipinski definition) is 3. The van der Waals surface area contributed by atoms with E-state index in [4.69, 9.17) is 4.74 Å². The third-order valence-corrected chi connectivity index (χ3v) is 4.13. The molecule has 3 N–H and O–H groups in total. The molecule has 5 nitrogen and oxygen atoms in total. The highest BCUT2D eigenvalue weighted by Gasteiger charge is 2.22. The molecule has 0 heterocycles. The highest BCUT2D eigenvalue weighted by molar-refractivity contribution is 7.98. The maximum atomic E-state index is 11.7. The van der Waals surface area contributed by atoms with Crippen LogP contribution in [0.1, 0.15) is 41.5 Å². The topological polar surface area (TPSA) is 70.6 Å². The van der Waals surface area contributed by atoms with Gasteiger partial charge < -0.3 is 20.5 Å². The van der Waals surface area contributed by atoms with E-state index < -0.39 is 11.2 Å². The Morgan fingerprint density at radius 1 is 1.23 bits per heavy atom. The van der Waals surface area contributed by atoms with Crippen LogP contribution in [-0.4, -0.2) is 54.0 Å². The number of alkyl carbamates (subject to hydrolysis) is 1. The highest BCUT2D eigenvalue weighted by Crippen LogP contribution is 2.12. The third-order valence-electron chi connectivity index (χ3n) is 3.22. The van der Waals surface area contributed by atoms with Crippen LogP contribution in [0.15, 0.2) is 0 Å². The summed E-state index contributed by atoms with van der Waals surface area (Å²) in [4.78, 5) is 11.7. The van der Waals surface area contributed by atoms with Gasteiger partial charge in [-0.05, 0) is 52.3 Å². The van der Waals surface area contributed by atoms with Crippen molar-refractivity contribution < 1.29 is 14.6 Å². The first-order valence-corrected chi connectivity index (χ1v) is 9.25. The number of nitrogens with one attached hydrogen (secondary N) is 2. The molecule has 0 saturated carbocycles. The molecule has 0 aliphatic heterocycles. The van der Waals surface area contributed by atoms with Crippen molar-refractivity contribution in [2.24, 2.45) is 11.8 Å². The van der Waals surface area contributed by atoms with Crippen LogP contribution in [-0.2, 0) is 4.74 Å². The van der Waals surface area contributed by atoms with Crippen LogP contribution in [0.2, 0.25) is 0 Å². The number of carbonyl (C=O) groups excluding carboxylic acids is 1. The van der Waals surface area contributed by atoms with Gasteiger partial charge in [0, 0.05) is 18.8 Å². The molecular weight excluding hydrogens is 300 g/mol. The summed E-state index contributed by atoms with van der Waals surface area (Å²) in [5, 5.41) is 16.3. The van der Waals surface area contributed by atoms with Gasteiger partial charge in [0.2, 0.25) is 0 Å². The molecule has 132 valence electrons. The van der Waals surface area contributed by atoms with Crippen LogP contribution < -0.4 is 10.6 Å². The Labute approximate surface area is 140 Å². The summed E-state index contributed by atoms with van der Waals surface area (Å²) in [7, 11) is 0. The van der Waals surface area contributed by atoms with Gasteiger partial charge in [-0.2, -0.15) is 11.8 Å². The van der Waals surface area contributed by atoms with Crippen LogP contribution in [0.25, 0.3) is 0 Å². The molecule has 2 unspecified atom stereocenters. The number of carbonyl (C=O) groups is 1. The Hall–Kier alpha value is -0.460. The summed E-state index contributed by atoms with van der Waals surface area (Å²) in [6, 6.07) is 0. The predicted octanol–water partition coefficient (Wildman–Crippen LogP) is 2.49. The third kappa shape index (κ3) is 11.2. The minimum absolute atomic E-state index is 0.289. The molecule has 0 bridgehead atoms. The fraction of sp³-hybridized carbons (Fsp3) is 0.938. The van der Waals surface area contributed by atoms with E-state index >= 15 is 0 Å². The van der Waals surface area contributed by atoms with E-state index in [1.807, 2.05) is 34.0 Å². The number of aliphatic hydroxyl groups is 1. The van der Waals surface area contributed by atoms with Crippen molar-refractivity contribution in [3.05, 3.63) is 0 Å². The second-order valence-corrected chi connectivity index (χ2v) is 8.31. The van der Waals surface area contributed by atoms with E-state index in [9.17, 15) is 9.90 Å². The number of thioether (sulfide) groups is 1. The predicted molar refractivity (Wildman–Crippen MR) is 94.4 cm³/mol. The Kier molecular flexibility index (Phi) is 9.43. The fourth-order valence-electron chi connectivity index (χ4n) is 1.96. The van der Waals surface area contributed by atoms with Crippen molar-refractivity contribution in [2.75, 3.05) is 31.6 Å². The molecule has 0 saturated heterocycles. The van der Waals surface area contributed by atoms with Gasteiger partial charge in [0.1, 0.15) is 5.60 Å². The van der Waals surface area contributed by atoms with Gasteiger partial charge in [-0.3, -0.25) is 0 Å². The zero-order chi connectivity index (χ0) is 17.4. The van der Waals surface area contributed by atoms with Crippen molar-refractivity contribution >= 4 is 17.9 Å². The van der Waals surface area contributed by atoms with Crippen LogP contribution >= 0.6 is 11.8 Å². The maximum absolute atomic E-state index is 11.7. The zero-order valence-electron chi connectivity index (χ0n) is 15.2. The van der Waals surface area contributed by atoms with Crippen molar-refractivity contribution in [3.63, 3.8) is 0 Å². The first-order chi connectivity index (χ1) is 9.97. The molecule has 0 aromatic rings. The summed E-state index contributed by atoms with van der Waals surface area (Å²) in [6.07, 6.45) is 1.60. The lowest BCUT2D eigenvalue weighted by atomic mass is 9.95. The number of amides is 1. The standard InChI is InChI=1S/C16H34N2O3S/c1-12(2)13(8-17-10-16(6,20)11-22-7)9-18-14(19)21-15(3,4)5/h12-13,17,20H,8-11H2,1-7H3,(H,18,19). The van der Waals surface area contributed by atoms with Crippen LogP contribution in [0, 0.1) is 11.8 Å². The lowest BCUT2D eigenvalue weighted by molar-refractivity contribution is 0.0510. The SMILES string of the molecule is CSCC(C)(O)CNCC(CNC(=O)OC(C)(C)C)C(C)C. The van der Waals surface area contributed by atoms with Crippen LogP contribution in [0.3, 0.4) is 0 Å². The second kappa shape index (κ2) is 9.63. The molecule has 1 amide bonds. The average molecular weight is 335 g/mol. The van der Waals surface area contributed by atoms with Gasteiger partial charge in [-0.15, -0.1) is 0 Å². The van der Waals surface area contributed by atoms with Crippen LogP contribution in [0.5, 0.6) is 0 Å². The van der Waals surface area contributed by atoms with Gasteiger partial charge in [-0.1, -0.05) is 13.8 Å². The summed E-state index contributed by atoms with van der Waals surface area (Å²) >= 11 is 1.63. The summed E-state index contributed by atoms with van der Waals surface area (Å²) in [5.41, 5.74) is -1.19. The van der Waals surface area contributed by atoms with E-state index in [1.54, 1.807) is 11.8 Å². The smallest absolute Gasteiger partial charge is 0.407 e. The van der Waals surface area contributed by atoms with Crippen molar-refractivity contribution in [3.8, 4) is 0 Å². The number of hydrogen-bond acceptors (Lipinski definition) is 5. The molecule has 0 radical (unpaired) electrons. The fourth-order valence-corrected chi connectivity index (χ4v) is 2.68. The highest BCUT2D eigenvalue weighted by atomic mass is 32.2. The van der Waals surface area contributed by atoms with Gasteiger partial charge in [0.15, 0.2) is 0 Å². The van der Waals surface area contributed by atoms with E-state index in [0.29, 0.717) is 24.8 Å². The lowest BCUT2D eigenvalue weighted by Crippen LogP contribution is -2.44. The zero-order valence-corrected chi connectivity index (χ0v) is 16.0. The minimum atomic E-state index is -0.709. The molecule has 22 heavy (non-hydrogen) atoms. The van der Waals surface area contributed by atoms with Crippen molar-refractivity contribution in [1.82, 2.24) is 10.6 Å². The van der Waals surface area contributed by atoms with Gasteiger partial charge in [-0.25, -0.2) is 4.79 Å². The molecule has 0 rings (SSSR count). The van der Waals surface area contributed by atoms with E-state index in [0.717, 1.165) is 6.54 Å². The molecule has 2 atom stereocenters. The van der Waals surface area contributed by atoms with Crippen LogP contribution in [0.4, 0.5) is 4.79 Å². The van der Waals surface area contributed by atoms with E-state index in [1.165, 1.54) is 0 Å². The summed E-state index contributed by atoms with van der Waals surface area (Å²) < 4.78 is 5.25. The molecule has 0 fully saturated rings. The van der Waals surface area contributed by atoms with Crippen molar-refractivity contribution in [1.29, 1.82) is 0 Å². The Bertz CT molecular complexity index is 328. The molecule has 6 heteroatoms. The van der Waals surface area contributed by atoms with E-state index in [2.05, 4.69) is 24.5 Å². The largest absolute Gasteiger partial charge is 0.444 e. The number of ether oxygens (including phenoxy) is 1. The molecule has 0 aromatic carbocycles. The quantitative estimate of drug-likeness (QED) is 0.604. The first-order valence-electron chi connectivity index (χ1n) is 7.86. The lowest BCUT2D eigenvalue weighted by Gasteiger charge is -2.27. The maximum Gasteiger partial charge on any atom is 0.407 e. The van der Waals surface area contributed by atoms with Gasteiger partial charge in [0.25, 0.3) is 0 Å². The normalized spacial score (nSPS) is 16.2. The Morgan fingerprint density at radius 2 is 1.82 bits per heavy atom. The van der Waals surface area contributed by atoms with Gasteiger partial charge >= 0.3 is 6.09 Å². The Balaban J connectivity index is 4.20. The minimum Gasteiger partial charge on any atom is -0.444 e. The molecule has 0 spiro atoms. The average Bonchev–Trinajstić information content (AvgIpc) is 2.30. The van der Waals surface area contributed by atoms with Crippen molar-refractivity contribution in [2.45, 2.75) is 52.7 Å². The summed E-state index contributed by atoms with van der Waals surface area (Å²) in [6.45, 7) is 13.5. The molecular formula is C16H34N2O3S. The van der Waals surface area contributed by atoms with Gasteiger partial charge in [0.05, 0.1) is 5.60 Å². The monoisotopic (exact) mass is 334 g/mol. The molecule has 0 aliphatic rings. The molecule has 0 aliphatic carbocycles. The second-order valence-electron chi connectivity index (χ2n) is 7.45. The number of rotatable bonds is 9. The molecule has 0 aromatic heterocycles. The Morgan fingerprint density at radius 3 is 2.27 bits per heavy atom.